The third-order valence-corrected chi connectivity index (χ3v) is 9.01. The summed E-state index contributed by atoms with van der Waals surface area (Å²) >= 11 is 0. The number of aliphatic hydroxyl groups excluding tert-OH is 1. The first-order chi connectivity index (χ1) is 10.9. The second-order valence-corrected chi connectivity index (χ2v) is 9.99. The maximum absolute atomic E-state index is 11.2. The third-order valence-electron chi connectivity index (χ3n) is 9.01. The van der Waals surface area contributed by atoms with Gasteiger partial charge in [0.05, 0.1) is 18.1 Å². The third kappa shape index (κ3) is 2.08. The highest BCUT2D eigenvalue weighted by Gasteiger charge is 2.62. The van der Waals surface area contributed by atoms with Gasteiger partial charge in [0.2, 0.25) is 0 Å². The van der Waals surface area contributed by atoms with Gasteiger partial charge in [0.15, 0.2) is 0 Å². The van der Waals surface area contributed by atoms with Crippen molar-refractivity contribution >= 4 is 0 Å². The second-order valence-electron chi connectivity index (χ2n) is 9.99. The Morgan fingerprint density at radius 2 is 1.83 bits per heavy atom. The van der Waals surface area contributed by atoms with E-state index in [1.165, 1.54) is 38.5 Å². The van der Waals surface area contributed by atoms with Gasteiger partial charge in [-0.05, 0) is 85.4 Å². The molecule has 9 atom stereocenters. The molecule has 2 nitrogen and oxygen atoms in total. The monoisotopic (exact) mass is 315 g/mol. The lowest BCUT2D eigenvalue weighted by atomic mass is 9.43. The number of aliphatic hydroxyl groups is 1. The average Bonchev–Trinajstić information content (AvgIpc) is 2.83. The van der Waals surface area contributed by atoms with E-state index in [1.807, 2.05) is 0 Å². The van der Waals surface area contributed by atoms with Crippen molar-refractivity contribution in [2.24, 2.45) is 46.3 Å². The van der Waals surface area contributed by atoms with Gasteiger partial charge >= 0.3 is 0 Å². The van der Waals surface area contributed by atoms with Crippen LogP contribution in [0.1, 0.15) is 72.1 Å². The quantitative estimate of drug-likeness (QED) is 0.699. The van der Waals surface area contributed by atoms with E-state index in [1.54, 1.807) is 0 Å². The minimum Gasteiger partial charge on any atom is -0.393 e. The molecule has 0 radical (unpaired) electrons. The van der Waals surface area contributed by atoms with Crippen LogP contribution < -0.4 is 0 Å². The van der Waals surface area contributed by atoms with E-state index in [0.717, 1.165) is 24.7 Å². The average molecular weight is 316 g/mol. The molecule has 0 bridgehead atoms. The van der Waals surface area contributed by atoms with Gasteiger partial charge in [-0.3, -0.25) is 0 Å². The smallest absolute Gasteiger partial charge is 0.0661 e. The van der Waals surface area contributed by atoms with E-state index >= 15 is 0 Å². The highest BCUT2D eigenvalue weighted by atomic mass is 16.3. The molecule has 4 fully saturated rings. The molecule has 4 aliphatic carbocycles. The van der Waals surface area contributed by atoms with Crippen LogP contribution in [0.3, 0.4) is 0 Å². The van der Waals surface area contributed by atoms with E-state index in [4.69, 9.17) is 0 Å². The molecule has 4 rings (SSSR count). The fourth-order valence-electron chi connectivity index (χ4n) is 7.81. The Bertz CT molecular complexity index is 524. The molecule has 0 aromatic rings. The summed E-state index contributed by atoms with van der Waals surface area (Å²) in [6, 6.07) is 2.58. The second kappa shape index (κ2) is 5.22. The van der Waals surface area contributed by atoms with E-state index < -0.39 is 0 Å². The first-order valence-electron chi connectivity index (χ1n) is 9.98. The van der Waals surface area contributed by atoms with Crippen molar-refractivity contribution < 1.29 is 5.11 Å². The van der Waals surface area contributed by atoms with Crippen molar-refractivity contribution in [1.82, 2.24) is 0 Å². The van der Waals surface area contributed by atoms with E-state index in [2.05, 4.69) is 26.8 Å². The predicted molar refractivity (Wildman–Crippen MR) is 91.4 cm³/mol. The van der Waals surface area contributed by atoms with Crippen molar-refractivity contribution in [3.63, 3.8) is 0 Å². The van der Waals surface area contributed by atoms with Crippen molar-refractivity contribution in [1.29, 1.82) is 5.26 Å². The normalized spacial score (nSPS) is 58.7. The summed E-state index contributed by atoms with van der Waals surface area (Å²) in [6.45, 7) is 7.23. The minimum absolute atomic E-state index is 0.0699. The summed E-state index contributed by atoms with van der Waals surface area (Å²) in [7, 11) is 0. The van der Waals surface area contributed by atoms with Crippen molar-refractivity contribution in [3.05, 3.63) is 0 Å². The van der Waals surface area contributed by atoms with Gasteiger partial charge in [0.25, 0.3) is 0 Å². The lowest BCUT2D eigenvalue weighted by Crippen LogP contribution is -2.58. The van der Waals surface area contributed by atoms with Gasteiger partial charge in [-0.2, -0.15) is 5.26 Å². The van der Waals surface area contributed by atoms with Crippen LogP contribution in [-0.4, -0.2) is 11.2 Å². The van der Waals surface area contributed by atoms with Crippen LogP contribution in [0.2, 0.25) is 0 Å². The summed E-state index contributed by atoms with van der Waals surface area (Å²) in [5, 5.41) is 20.8. The minimum atomic E-state index is -0.184. The van der Waals surface area contributed by atoms with E-state index in [-0.39, 0.29) is 17.4 Å². The topological polar surface area (TPSA) is 44.0 Å². The van der Waals surface area contributed by atoms with Gasteiger partial charge in [-0.1, -0.05) is 27.2 Å². The molecule has 0 aromatic carbocycles. The van der Waals surface area contributed by atoms with Crippen LogP contribution in [0, 0.1) is 57.7 Å². The highest BCUT2D eigenvalue weighted by molar-refractivity contribution is 5.14. The van der Waals surface area contributed by atoms with Gasteiger partial charge in [0, 0.05) is 0 Å². The maximum atomic E-state index is 11.2. The van der Waals surface area contributed by atoms with E-state index in [0.29, 0.717) is 23.2 Å². The molecule has 23 heavy (non-hydrogen) atoms. The molecule has 2 unspecified atom stereocenters. The largest absolute Gasteiger partial charge is 0.393 e. The molecule has 128 valence electrons. The lowest BCUT2D eigenvalue weighted by molar-refractivity contribution is -0.169. The van der Waals surface area contributed by atoms with Crippen LogP contribution in [0.25, 0.3) is 0 Å². The Hall–Kier alpha value is -0.550. The highest BCUT2D eigenvalue weighted by Crippen LogP contribution is 2.67. The first kappa shape index (κ1) is 15.9. The summed E-state index contributed by atoms with van der Waals surface area (Å²) in [6.07, 6.45) is 9.64. The van der Waals surface area contributed by atoms with Gasteiger partial charge < -0.3 is 5.11 Å². The van der Waals surface area contributed by atoms with Gasteiger partial charge in [-0.15, -0.1) is 0 Å². The van der Waals surface area contributed by atoms with Gasteiger partial charge in [0.1, 0.15) is 0 Å². The van der Waals surface area contributed by atoms with Crippen molar-refractivity contribution in [3.8, 4) is 6.07 Å². The number of hydrogen-bond donors (Lipinski definition) is 1. The summed E-state index contributed by atoms with van der Waals surface area (Å²) in [5.41, 5.74) is 0.418. The Labute approximate surface area is 141 Å². The fourth-order valence-corrected chi connectivity index (χ4v) is 7.81. The lowest BCUT2D eigenvalue weighted by Gasteiger charge is -2.62. The van der Waals surface area contributed by atoms with Crippen LogP contribution in [-0.2, 0) is 0 Å². The fraction of sp³-hybridized carbons (Fsp3) is 0.952. The van der Waals surface area contributed by atoms with Crippen molar-refractivity contribution in [2.45, 2.75) is 78.2 Å². The number of rotatable bonds is 0. The Balaban J connectivity index is 1.68. The number of nitriles is 1. The van der Waals surface area contributed by atoms with Gasteiger partial charge in [-0.25, -0.2) is 0 Å². The molecule has 1 N–H and O–H groups in total. The number of hydrogen-bond acceptors (Lipinski definition) is 2. The summed E-state index contributed by atoms with van der Waals surface area (Å²) in [4.78, 5) is 0. The predicted octanol–water partition coefficient (Wildman–Crippen LogP) is 4.78. The molecular formula is C21H33NO. The zero-order valence-corrected chi connectivity index (χ0v) is 15.1. The van der Waals surface area contributed by atoms with Crippen LogP contribution in [0.15, 0.2) is 0 Å². The molecule has 2 heteroatoms. The Morgan fingerprint density at radius 1 is 1.04 bits per heavy atom. The SMILES string of the molecule is C[C@@H]1CC[C@]2(C)C3C(O)C[C@]4(C)[C@@H](C#N)CC[C@H]4[C@@H]3CC[C@H]2C1. The standard InChI is InChI=1S/C21H33NO/c1-13-8-9-20(2)14(10-13)4-6-16-17-7-5-15(12-22)21(17,3)11-18(23)19(16)20/h13-19,23H,4-11H2,1-3H3/t13-,14+,15-,16+,17+,18?,19?,20+,21-/m1/s1. The zero-order valence-electron chi connectivity index (χ0n) is 15.1. The summed E-state index contributed by atoms with van der Waals surface area (Å²) < 4.78 is 0. The van der Waals surface area contributed by atoms with Crippen LogP contribution in [0.5, 0.6) is 0 Å². The van der Waals surface area contributed by atoms with E-state index in [9.17, 15) is 10.4 Å². The molecule has 0 amide bonds. The molecule has 4 aliphatic rings. The Kier molecular flexibility index (Phi) is 3.62. The molecule has 0 spiro atoms. The Morgan fingerprint density at radius 3 is 2.57 bits per heavy atom. The van der Waals surface area contributed by atoms with Crippen molar-refractivity contribution in [2.75, 3.05) is 0 Å². The number of nitrogens with zero attached hydrogens (tertiary/aromatic N) is 1. The zero-order chi connectivity index (χ0) is 16.4. The van der Waals surface area contributed by atoms with Crippen LogP contribution in [0.4, 0.5) is 0 Å². The van der Waals surface area contributed by atoms with Crippen LogP contribution >= 0.6 is 0 Å². The molecule has 0 aromatic heterocycles. The molecule has 0 aliphatic heterocycles. The number of fused-ring (bicyclic) bond motifs is 5. The maximum Gasteiger partial charge on any atom is 0.0661 e. The molecule has 0 saturated heterocycles. The molecule has 0 heterocycles. The first-order valence-corrected chi connectivity index (χ1v) is 9.98. The molecule has 4 saturated carbocycles. The molecular weight excluding hydrogens is 282 g/mol. The summed E-state index contributed by atoms with van der Waals surface area (Å²) in [5.74, 6) is 3.68.